The van der Waals surface area contributed by atoms with Gasteiger partial charge in [0.25, 0.3) is 0 Å². The van der Waals surface area contributed by atoms with Gasteiger partial charge in [0.1, 0.15) is 6.73 Å². The Morgan fingerprint density at radius 3 is 2.53 bits per heavy atom. The van der Waals surface area contributed by atoms with Crippen LogP contribution in [0.3, 0.4) is 0 Å². The molecule has 0 aromatic rings. The number of carbonyl (C=O) groups excluding carboxylic acids is 1. The molecule has 2 atom stereocenters. The molecule has 5 nitrogen and oxygen atoms in total. The van der Waals surface area contributed by atoms with Gasteiger partial charge in [0.15, 0.2) is 0 Å². The zero-order chi connectivity index (χ0) is 12.7. The van der Waals surface area contributed by atoms with E-state index in [9.17, 15) is 4.79 Å². The standard InChI is InChI=1S/C12H24N2O3/c1-10-6-11(2)8-14(7-10)12(15)13-9-17-5-4-16-3/h10-11H,4-9H2,1-3H3,(H,13,15). The van der Waals surface area contributed by atoms with Crippen molar-refractivity contribution < 1.29 is 14.3 Å². The monoisotopic (exact) mass is 244 g/mol. The zero-order valence-electron chi connectivity index (χ0n) is 11.1. The van der Waals surface area contributed by atoms with Gasteiger partial charge in [0.2, 0.25) is 0 Å². The molecule has 1 N–H and O–H groups in total. The lowest BCUT2D eigenvalue weighted by Crippen LogP contribution is -2.47. The Bertz CT molecular complexity index is 226. The molecule has 1 heterocycles. The molecule has 0 radical (unpaired) electrons. The molecular formula is C12H24N2O3. The maximum absolute atomic E-state index is 11.8. The van der Waals surface area contributed by atoms with E-state index in [0.717, 1.165) is 13.1 Å². The molecule has 0 spiro atoms. The molecule has 1 fully saturated rings. The second-order valence-electron chi connectivity index (χ2n) is 4.88. The number of hydrogen-bond donors (Lipinski definition) is 1. The molecule has 1 rings (SSSR count). The number of nitrogens with one attached hydrogen (secondary N) is 1. The van der Waals surface area contributed by atoms with Crippen molar-refractivity contribution in [3.8, 4) is 0 Å². The minimum atomic E-state index is -0.0270. The average Bonchev–Trinajstić information content (AvgIpc) is 2.27. The van der Waals surface area contributed by atoms with Gasteiger partial charge in [-0.15, -0.1) is 0 Å². The van der Waals surface area contributed by atoms with Crippen LogP contribution in [0.15, 0.2) is 0 Å². The predicted octanol–water partition coefficient (Wildman–Crippen LogP) is 1.29. The summed E-state index contributed by atoms with van der Waals surface area (Å²) in [6.45, 7) is 7.36. The van der Waals surface area contributed by atoms with E-state index in [-0.39, 0.29) is 12.8 Å². The van der Waals surface area contributed by atoms with E-state index in [2.05, 4.69) is 19.2 Å². The second kappa shape index (κ2) is 7.50. The van der Waals surface area contributed by atoms with E-state index in [1.807, 2.05) is 4.90 Å². The van der Waals surface area contributed by atoms with Gasteiger partial charge in [-0.1, -0.05) is 13.8 Å². The minimum absolute atomic E-state index is 0.0270. The van der Waals surface area contributed by atoms with Crippen LogP contribution in [-0.2, 0) is 9.47 Å². The summed E-state index contributed by atoms with van der Waals surface area (Å²) in [6.07, 6.45) is 1.20. The third-order valence-electron chi connectivity index (χ3n) is 2.91. The van der Waals surface area contributed by atoms with Crippen LogP contribution in [0.4, 0.5) is 4.79 Å². The highest BCUT2D eigenvalue weighted by atomic mass is 16.5. The van der Waals surface area contributed by atoms with Crippen molar-refractivity contribution in [3.63, 3.8) is 0 Å². The summed E-state index contributed by atoms with van der Waals surface area (Å²) in [5.74, 6) is 1.16. The molecular weight excluding hydrogens is 220 g/mol. The van der Waals surface area contributed by atoms with E-state index in [1.54, 1.807) is 7.11 Å². The van der Waals surface area contributed by atoms with Gasteiger partial charge in [0.05, 0.1) is 13.2 Å². The van der Waals surface area contributed by atoms with E-state index < -0.39 is 0 Å². The maximum Gasteiger partial charge on any atom is 0.319 e. The van der Waals surface area contributed by atoms with Crippen LogP contribution in [0.1, 0.15) is 20.3 Å². The zero-order valence-corrected chi connectivity index (χ0v) is 11.1. The fourth-order valence-corrected chi connectivity index (χ4v) is 2.27. The Hall–Kier alpha value is -0.810. The Balaban J connectivity index is 2.18. The Morgan fingerprint density at radius 2 is 1.94 bits per heavy atom. The van der Waals surface area contributed by atoms with Crippen molar-refractivity contribution in [2.45, 2.75) is 20.3 Å². The number of ether oxygens (including phenoxy) is 2. The van der Waals surface area contributed by atoms with Gasteiger partial charge in [-0.3, -0.25) is 0 Å². The molecule has 1 aliphatic heterocycles. The first-order valence-corrected chi connectivity index (χ1v) is 6.23. The molecule has 2 unspecified atom stereocenters. The molecule has 0 aromatic heterocycles. The first-order valence-electron chi connectivity index (χ1n) is 6.23. The van der Waals surface area contributed by atoms with Crippen LogP contribution in [0.2, 0.25) is 0 Å². The summed E-state index contributed by atoms with van der Waals surface area (Å²) in [4.78, 5) is 13.7. The molecule has 0 aromatic carbocycles. The number of amides is 2. The third-order valence-corrected chi connectivity index (χ3v) is 2.91. The van der Waals surface area contributed by atoms with Crippen LogP contribution in [0, 0.1) is 11.8 Å². The number of rotatable bonds is 5. The topological polar surface area (TPSA) is 50.8 Å². The molecule has 17 heavy (non-hydrogen) atoms. The summed E-state index contributed by atoms with van der Waals surface area (Å²) in [5, 5.41) is 2.76. The van der Waals surface area contributed by atoms with Crippen LogP contribution >= 0.6 is 0 Å². The number of hydrogen-bond acceptors (Lipinski definition) is 3. The van der Waals surface area contributed by atoms with E-state index >= 15 is 0 Å². The number of carbonyl (C=O) groups is 1. The van der Waals surface area contributed by atoms with E-state index in [1.165, 1.54) is 6.42 Å². The van der Waals surface area contributed by atoms with E-state index in [0.29, 0.717) is 25.0 Å². The van der Waals surface area contributed by atoms with Crippen LogP contribution in [0.5, 0.6) is 0 Å². The number of piperidine rings is 1. The lowest BCUT2D eigenvalue weighted by Gasteiger charge is -2.34. The largest absolute Gasteiger partial charge is 0.382 e. The fraction of sp³-hybridized carbons (Fsp3) is 0.917. The third kappa shape index (κ3) is 5.37. The molecule has 1 saturated heterocycles. The smallest absolute Gasteiger partial charge is 0.319 e. The lowest BCUT2D eigenvalue weighted by atomic mass is 9.92. The first kappa shape index (κ1) is 14.3. The van der Waals surface area contributed by atoms with Crippen molar-refractivity contribution >= 4 is 6.03 Å². The van der Waals surface area contributed by atoms with Gasteiger partial charge in [-0.25, -0.2) is 4.79 Å². The molecule has 0 bridgehead atoms. The van der Waals surface area contributed by atoms with Gasteiger partial charge in [0, 0.05) is 20.2 Å². The molecule has 2 amide bonds. The van der Waals surface area contributed by atoms with Gasteiger partial charge in [-0.2, -0.15) is 0 Å². The fourth-order valence-electron chi connectivity index (χ4n) is 2.27. The molecule has 5 heteroatoms. The highest BCUT2D eigenvalue weighted by molar-refractivity contribution is 5.74. The predicted molar refractivity (Wildman–Crippen MR) is 65.7 cm³/mol. The summed E-state index contributed by atoms with van der Waals surface area (Å²) in [6, 6.07) is -0.0270. The quantitative estimate of drug-likeness (QED) is 0.586. The summed E-state index contributed by atoms with van der Waals surface area (Å²) in [7, 11) is 1.62. The highest BCUT2D eigenvalue weighted by Gasteiger charge is 2.24. The van der Waals surface area contributed by atoms with E-state index in [4.69, 9.17) is 9.47 Å². The van der Waals surface area contributed by atoms with Gasteiger partial charge in [-0.05, 0) is 18.3 Å². The number of nitrogens with zero attached hydrogens (tertiary/aromatic N) is 1. The molecule has 1 aliphatic rings. The second-order valence-corrected chi connectivity index (χ2v) is 4.88. The normalized spacial score (nSPS) is 24.8. The first-order chi connectivity index (χ1) is 8.13. The van der Waals surface area contributed by atoms with Crippen LogP contribution in [-0.4, -0.2) is 51.1 Å². The molecule has 0 aliphatic carbocycles. The van der Waals surface area contributed by atoms with Crippen molar-refractivity contribution in [2.75, 3.05) is 40.1 Å². The van der Waals surface area contributed by atoms with Crippen LogP contribution in [0.25, 0.3) is 0 Å². The molecule has 100 valence electrons. The Morgan fingerprint density at radius 1 is 1.29 bits per heavy atom. The number of likely N-dealkylation sites (tertiary alicyclic amines) is 1. The summed E-state index contributed by atoms with van der Waals surface area (Å²) >= 11 is 0. The van der Waals surface area contributed by atoms with Gasteiger partial charge >= 0.3 is 6.03 Å². The minimum Gasteiger partial charge on any atom is -0.382 e. The average molecular weight is 244 g/mol. The van der Waals surface area contributed by atoms with Crippen molar-refractivity contribution in [3.05, 3.63) is 0 Å². The number of methoxy groups -OCH3 is 1. The summed E-state index contributed by atoms with van der Waals surface area (Å²) < 4.78 is 10.1. The van der Waals surface area contributed by atoms with Crippen molar-refractivity contribution in [2.24, 2.45) is 11.8 Å². The van der Waals surface area contributed by atoms with Crippen LogP contribution < -0.4 is 5.32 Å². The number of urea groups is 1. The van der Waals surface area contributed by atoms with Gasteiger partial charge < -0.3 is 19.7 Å². The summed E-state index contributed by atoms with van der Waals surface area (Å²) in [5.41, 5.74) is 0. The molecule has 0 saturated carbocycles. The highest BCUT2D eigenvalue weighted by Crippen LogP contribution is 2.20. The van der Waals surface area contributed by atoms with Crippen molar-refractivity contribution in [1.29, 1.82) is 0 Å². The SMILES string of the molecule is COCCOCNC(=O)N1CC(C)CC(C)C1. The Labute approximate surface area is 103 Å². The van der Waals surface area contributed by atoms with Crippen molar-refractivity contribution in [1.82, 2.24) is 10.2 Å². The maximum atomic E-state index is 11.8. The Kier molecular flexibility index (Phi) is 6.29. The lowest BCUT2D eigenvalue weighted by molar-refractivity contribution is 0.0593.